The second-order valence-electron chi connectivity index (χ2n) is 6.98. The fraction of sp³-hybridized carbons (Fsp3) is 0.650. The number of aliphatic imine (C=N–C) groups is 1. The van der Waals surface area contributed by atoms with Crippen LogP contribution in [-0.4, -0.2) is 38.2 Å². The van der Waals surface area contributed by atoms with Crippen molar-refractivity contribution in [2.45, 2.75) is 59.6 Å². The highest BCUT2D eigenvalue weighted by molar-refractivity contribution is 6.03. The molecule has 0 saturated carbocycles. The Hall–Kier alpha value is -1.39. The zero-order valence-corrected chi connectivity index (χ0v) is 16.8. The van der Waals surface area contributed by atoms with E-state index in [4.69, 9.17) is 9.73 Å². The number of para-hydroxylation sites is 1. The van der Waals surface area contributed by atoms with Gasteiger partial charge in [0.2, 0.25) is 0 Å². The Kier molecular flexibility index (Phi) is 10.6. The zero-order valence-electron chi connectivity index (χ0n) is 16.8. The van der Waals surface area contributed by atoms with Gasteiger partial charge in [0.15, 0.2) is 0 Å². The topological polar surface area (TPSA) is 50.8 Å². The van der Waals surface area contributed by atoms with Crippen molar-refractivity contribution in [3.05, 3.63) is 30.3 Å². The Labute approximate surface area is 149 Å². The molecule has 4 nitrogen and oxygen atoms in total. The molecule has 1 aromatic carbocycles. The largest absolute Gasteiger partial charge is 0.368 e. The van der Waals surface area contributed by atoms with Crippen LogP contribution in [0.5, 0.6) is 0 Å². The highest BCUT2D eigenvalue weighted by Gasteiger charge is 2.30. The Morgan fingerprint density at radius 3 is 2.12 bits per heavy atom. The van der Waals surface area contributed by atoms with E-state index >= 15 is 0 Å². The molecule has 4 heteroatoms. The van der Waals surface area contributed by atoms with Crippen molar-refractivity contribution >= 4 is 11.5 Å². The van der Waals surface area contributed by atoms with E-state index in [2.05, 4.69) is 71.4 Å². The van der Waals surface area contributed by atoms with Gasteiger partial charge >= 0.3 is 0 Å². The molecule has 0 spiro atoms. The maximum absolute atomic E-state index is 6.17. The first kappa shape index (κ1) is 22.6. The molecule has 0 fully saturated rings. The number of ether oxygens (including phenoxy) is 1. The number of nitrogens with two attached hydrogens (primary N) is 1. The molecule has 0 aliphatic rings. The van der Waals surface area contributed by atoms with Crippen LogP contribution in [0.2, 0.25) is 0 Å². The molecule has 24 heavy (non-hydrogen) atoms. The summed E-state index contributed by atoms with van der Waals surface area (Å²) >= 11 is 0. The molecule has 0 aliphatic heterocycles. The summed E-state index contributed by atoms with van der Waals surface area (Å²) in [5.41, 5.74) is 5.21. The van der Waals surface area contributed by atoms with E-state index < -0.39 is 5.60 Å². The lowest BCUT2D eigenvalue weighted by molar-refractivity contribution is 0.0272. The van der Waals surface area contributed by atoms with Crippen LogP contribution in [0.25, 0.3) is 0 Å². The lowest BCUT2D eigenvalue weighted by Crippen LogP contribution is -2.46. The monoisotopic (exact) mass is 335 g/mol. The number of hydrogen-bond acceptors (Lipinski definition) is 3. The number of rotatable bonds is 7. The molecule has 138 valence electrons. The van der Waals surface area contributed by atoms with Gasteiger partial charge in [-0.1, -0.05) is 32.0 Å². The number of hydrogen-bond donors (Lipinski definition) is 1. The Bertz CT molecular complexity index is 467. The molecule has 0 aromatic heterocycles. The van der Waals surface area contributed by atoms with E-state index in [9.17, 15) is 0 Å². The maximum Gasteiger partial charge on any atom is 0.136 e. The molecule has 0 aliphatic carbocycles. The summed E-state index contributed by atoms with van der Waals surface area (Å²) < 4.78 is 6.17. The Balaban J connectivity index is 0.00000254. The minimum atomic E-state index is -0.413. The summed E-state index contributed by atoms with van der Waals surface area (Å²) in [5, 5.41) is 0. The van der Waals surface area contributed by atoms with Gasteiger partial charge in [-0.15, -0.1) is 0 Å². The first-order valence-electron chi connectivity index (χ1n) is 8.82. The van der Waals surface area contributed by atoms with Crippen molar-refractivity contribution in [1.29, 1.82) is 0 Å². The fourth-order valence-corrected chi connectivity index (χ4v) is 2.28. The normalized spacial score (nSPS) is 12.2. The molecule has 0 amide bonds. The summed E-state index contributed by atoms with van der Waals surface area (Å²) in [5.74, 6) is 1.62. The molecular formula is C20H37N3O. The number of amidine groups is 1. The van der Waals surface area contributed by atoms with Crippen LogP contribution >= 0.6 is 0 Å². The SMILES string of the molecule is CC(C)CCOC(C)(C)C(=NC(C)C)N(C)c1ccccc1.CN. The minimum Gasteiger partial charge on any atom is -0.368 e. The van der Waals surface area contributed by atoms with Gasteiger partial charge in [-0.05, 0) is 59.2 Å². The second kappa shape index (κ2) is 11.2. The van der Waals surface area contributed by atoms with Gasteiger partial charge in [0.25, 0.3) is 0 Å². The third-order valence-corrected chi connectivity index (χ3v) is 3.54. The summed E-state index contributed by atoms with van der Waals surface area (Å²) in [6, 6.07) is 10.5. The lowest BCUT2D eigenvalue weighted by Gasteiger charge is -2.34. The predicted molar refractivity (Wildman–Crippen MR) is 107 cm³/mol. The van der Waals surface area contributed by atoms with E-state index in [-0.39, 0.29) is 6.04 Å². The molecule has 0 atom stereocenters. The second-order valence-corrected chi connectivity index (χ2v) is 6.98. The van der Waals surface area contributed by atoms with Crippen LogP contribution in [0.15, 0.2) is 35.3 Å². The van der Waals surface area contributed by atoms with E-state index in [1.165, 1.54) is 7.05 Å². The highest BCUT2D eigenvalue weighted by atomic mass is 16.5. The number of benzene rings is 1. The molecule has 0 saturated heterocycles. The van der Waals surface area contributed by atoms with Crippen molar-refractivity contribution in [2.75, 3.05) is 25.6 Å². The van der Waals surface area contributed by atoms with Crippen LogP contribution in [0.4, 0.5) is 5.69 Å². The minimum absolute atomic E-state index is 0.231. The quantitative estimate of drug-likeness (QED) is 0.595. The van der Waals surface area contributed by atoms with Gasteiger partial charge in [-0.25, -0.2) is 0 Å². The summed E-state index contributed by atoms with van der Waals surface area (Å²) in [6.07, 6.45) is 1.06. The van der Waals surface area contributed by atoms with Crippen molar-refractivity contribution in [3.63, 3.8) is 0 Å². The average Bonchev–Trinajstić information content (AvgIpc) is 2.54. The molecule has 1 aromatic rings. The molecule has 0 bridgehead atoms. The first-order chi connectivity index (χ1) is 11.2. The third-order valence-electron chi connectivity index (χ3n) is 3.54. The van der Waals surface area contributed by atoms with Gasteiger partial charge < -0.3 is 15.4 Å². The Morgan fingerprint density at radius 1 is 1.12 bits per heavy atom. The van der Waals surface area contributed by atoms with E-state index in [1.807, 2.05) is 18.2 Å². The highest BCUT2D eigenvalue weighted by Crippen LogP contribution is 2.22. The van der Waals surface area contributed by atoms with E-state index in [1.54, 1.807) is 0 Å². The van der Waals surface area contributed by atoms with Crippen molar-refractivity contribution < 1.29 is 4.74 Å². The van der Waals surface area contributed by atoms with E-state index in [0.29, 0.717) is 5.92 Å². The molecule has 0 radical (unpaired) electrons. The third kappa shape index (κ3) is 7.93. The zero-order chi connectivity index (χ0) is 18.8. The van der Waals surface area contributed by atoms with Crippen LogP contribution in [0.1, 0.15) is 48.0 Å². The number of likely N-dealkylation sites (N-methyl/N-ethyl adjacent to an activating group) is 1. The summed E-state index contributed by atoms with van der Waals surface area (Å²) in [4.78, 5) is 6.97. The first-order valence-corrected chi connectivity index (χ1v) is 8.82. The smallest absolute Gasteiger partial charge is 0.136 e. The Morgan fingerprint density at radius 2 is 1.67 bits per heavy atom. The molecular weight excluding hydrogens is 298 g/mol. The number of anilines is 1. The molecule has 2 N–H and O–H groups in total. The van der Waals surface area contributed by atoms with Crippen LogP contribution in [0, 0.1) is 5.92 Å². The van der Waals surface area contributed by atoms with Crippen LogP contribution in [-0.2, 0) is 4.74 Å². The van der Waals surface area contributed by atoms with Gasteiger partial charge in [-0.2, -0.15) is 0 Å². The fourth-order valence-electron chi connectivity index (χ4n) is 2.28. The van der Waals surface area contributed by atoms with Crippen molar-refractivity contribution in [2.24, 2.45) is 16.6 Å². The molecule has 0 unspecified atom stereocenters. The van der Waals surface area contributed by atoms with Crippen LogP contribution < -0.4 is 10.6 Å². The lowest BCUT2D eigenvalue weighted by atomic mass is 10.1. The van der Waals surface area contributed by atoms with Crippen molar-refractivity contribution in [1.82, 2.24) is 0 Å². The standard InChI is InChI=1S/C19H32N2O.CH5N/c1-15(2)13-14-22-19(5,6)18(20-16(3)4)21(7)17-11-9-8-10-12-17;1-2/h8-12,15-16H,13-14H2,1-7H3;2H2,1H3. The number of nitrogens with zero attached hydrogens (tertiary/aromatic N) is 2. The summed E-state index contributed by atoms with van der Waals surface area (Å²) in [7, 11) is 3.56. The van der Waals surface area contributed by atoms with Gasteiger partial charge in [0.05, 0.1) is 0 Å². The van der Waals surface area contributed by atoms with Gasteiger partial charge in [0.1, 0.15) is 11.4 Å². The predicted octanol–water partition coefficient (Wildman–Crippen LogP) is 4.35. The molecule has 1 rings (SSSR count). The van der Waals surface area contributed by atoms with E-state index in [0.717, 1.165) is 24.6 Å². The van der Waals surface area contributed by atoms with Gasteiger partial charge in [-0.3, -0.25) is 4.99 Å². The maximum atomic E-state index is 6.17. The average molecular weight is 336 g/mol. The van der Waals surface area contributed by atoms with Gasteiger partial charge in [0, 0.05) is 25.4 Å². The summed E-state index contributed by atoms with van der Waals surface area (Å²) in [6.45, 7) is 13.6. The van der Waals surface area contributed by atoms with Crippen molar-refractivity contribution in [3.8, 4) is 0 Å². The van der Waals surface area contributed by atoms with Crippen LogP contribution in [0.3, 0.4) is 0 Å². The molecule has 0 heterocycles.